The Balaban J connectivity index is 2.64. The molecule has 0 atom stereocenters. The maximum atomic E-state index is 12.1. The van der Waals surface area contributed by atoms with E-state index in [1.165, 1.54) is 0 Å². The van der Waals surface area contributed by atoms with Gasteiger partial charge in [-0.25, -0.2) is 0 Å². The summed E-state index contributed by atoms with van der Waals surface area (Å²) in [4.78, 5) is 12.1. The smallest absolute Gasteiger partial charge is 0.247 e. The van der Waals surface area contributed by atoms with Crippen LogP contribution in [0.5, 0.6) is 5.75 Å². The minimum absolute atomic E-state index is 0.127. The molecule has 3 N–H and O–H groups in total. The van der Waals surface area contributed by atoms with Crippen LogP contribution < -0.4 is 15.8 Å². The molecule has 0 saturated carbocycles. The molecule has 0 fully saturated rings. The van der Waals surface area contributed by atoms with Crippen molar-refractivity contribution in [3.05, 3.63) is 12.4 Å². The van der Waals surface area contributed by atoms with E-state index in [9.17, 15) is 4.79 Å². The first-order chi connectivity index (χ1) is 9.02. The van der Waals surface area contributed by atoms with Crippen molar-refractivity contribution >= 4 is 5.91 Å². The summed E-state index contributed by atoms with van der Waals surface area (Å²) in [7, 11) is 1.59. The van der Waals surface area contributed by atoms with Crippen molar-refractivity contribution in [2.75, 3.05) is 33.4 Å². The molecule has 1 aromatic heterocycles. The molecule has 0 aliphatic heterocycles. The molecule has 0 aliphatic rings. The Morgan fingerprint density at radius 2 is 2.26 bits per heavy atom. The fourth-order valence-corrected chi connectivity index (χ4v) is 1.45. The molecule has 7 nitrogen and oxygen atoms in total. The Bertz CT molecular complexity index is 403. The lowest BCUT2D eigenvalue weighted by molar-refractivity contribution is -0.129. The molecule has 0 spiro atoms. The van der Waals surface area contributed by atoms with E-state index in [-0.39, 0.29) is 5.91 Å². The molecule has 1 heterocycles. The zero-order valence-corrected chi connectivity index (χ0v) is 11.7. The minimum atomic E-state index is -0.794. The topological polar surface area (TPSA) is 91.4 Å². The molecule has 108 valence electrons. The predicted octanol–water partition coefficient (Wildman–Crippen LogP) is -0.282. The van der Waals surface area contributed by atoms with Crippen molar-refractivity contribution in [3.8, 4) is 5.75 Å². The molecule has 0 unspecified atom stereocenters. The number of methoxy groups -OCH3 is 1. The quantitative estimate of drug-likeness (QED) is 0.634. The third-order valence-electron chi connectivity index (χ3n) is 2.67. The van der Waals surface area contributed by atoms with Gasteiger partial charge in [-0.15, -0.1) is 0 Å². The van der Waals surface area contributed by atoms with Crippen LogP contribution in [0.1, 0.15) is 13.8 Å². The second-order valence-electron chi connectivity index (χ2n) is 4.57. The Kier molecular flexibility index (Phi) is 5.78. The molecule has 0 aliphatic carbocycles. The summed E-state index contributed by atoms with van der Waals surface area (Å²) in [5, 5.41) is 6.94. The first kappa shape index (κ1) is 15.5. The SMILES string of the molecule is COCCNC(=O)C(C)(C)n1cc(OCCN)cn1. The van der Waals surface area contributed by atoms with Crippen LogP contribution >= 0.6 is 0 Å². The minimum Gasteiger partial charge on any atom is -0.489 e. The molecule has 7 heteroatoms. The van der Waals surface area contributed by atoms with Gasteiger partial charge in [0.1, 0.15) is 12.1 Å². The normalized spacial score (nSPS) is 11.4. The number of carbonyl (C=O) groups is 1. The third-order valence-corrected chi connectivity index (χ3v) is 2.67. The van der Waals surface area contributed by atoms with Gasteiger partial charge in [0.25, 0.3) is 0 Å². The van der Waals surface area contributed by atoms with Crippen molar-refractivity contribution in [3.63, 3.8) is 0 Å². The third kappa shape index (κ3) is 4.22. The van der Waals surface area contributed by atoms with E-state index in [0.717, 1.165) is 0 Å². The maximum absolute atomic E-state index is 12.1. The molecule has 1 amide bonds. The second kappa shape index (κ2) is 7.10. The van der Waals surface area contributed by atoms with Gasteiger partial charge in [0.05, 0.1) is 19.0 Å². The van der Waals surface area contributed by atoms with Crippen molar-refractivity contribution in [2.45, 2.75) is 19.4 Å². The number of nitrogens with one attached hydrogen (secondary N) is 1. The van der Waals surface area contributed by atoms with E-state index >= 15 is 0 Å². The molecule has 0 aromatic carbocycles. The highest BCUT2D eigenvalue weighted by Gasteiger charge is 2.30. The zero-order chi connectivity index (χ0) is 14.3. The number of nitrogens with zero attached hydrogens (tertiary/aromatic N) is 2. The van der Waals surface area contributed by atoms with E-state index in [1.54, 1.807) is 38.0 Å². The van der Waals surface area contributed by atoms with Crippen LogP contribution in [0.3, 0.4) is 0 Å². The van der Waals surface area contributed by atoms with Gasteiger partial charge in [-0.1, -0.05) is 0 Å². The standard InChI is InChI=1S/C12H22N4O3/c1-12(2,11(17)14-5-7-18-3)16-9-10(8-15-16)19-6-4-13/h8-9H,4-7,13H2,1-3H3,(H,14,17). The van der Waals surface area contributed by atoms with Gasteiger partial charge in [-0.3, -0.25) is 9.48 Å². The largest absolute Gasteiger partial charge is 0.489 e. The van der Waals surface area contributed by atoms with Gasteiger partial charge in [-0.05, 0) is 13.8 Å². The summed E-state index contributed by atoms with van der Waals surface area (Å²) in [6.07, 6.45) is 3.26. The molecule has 0 bridgehead atoms. The summed E-state index contributed by atoms with van der Waals surface area (Å²) in [6.45, 7) is 5.38. The van der Waals surface area contributed by atoms with Crippen LogP contribution in [0.4, 0.5) is 0 Å². The lowest BCUT2D eigenvalue weighted by atomic mass is 10.1. The molecule has 1 rings (SSSR count). The number of rotatable bonds is 8. The van der Waals surface area contributed by atoms with Gasteiger partial charge in [0.2, 0.25) is 5.91 Å². The first-order valence-corrected chi connectivity index (χ1v) is 6.17. The van der Waals surface area contributed by atoms with E-state index in [2.05, 4.69) is 10.4 Å². The number of aromatic nitrogens is 2. The van der Waals surface area contributed by atoms with Gasteiger partial charge < -0.3 is 20.5 Å². The van der Waals surface area contributed by atoms with E-state index in [4.69, 9.17) is 15.2 Å². The van der Waals surface area contributed by atoms with Crippen LogP contribution in [0.2, 0.25) is 0 Å². The van der Waals surface area contributed by atoms with Gasteiger partial charge in [-0.2, -0.15) is 5.10 Å². The van der Waals surface area contributed by atoms with Gasteiger partial charge in [0.15, 0.2) is 5.75 Å². The van der Waals surface area contributed by atoms with Crippen molar-refractivity contribution in [2.24, 2.45) is 5.73 Å². The van der Waals surface area contributed by atoms with Crippen LogP contribution in [-0.2, 0) is 15.1 Å². The summed E-state index contributed by atoms with van der Waals surface area (Å²) in [5.41, 5.74) is 4.56. The Morgan fingerprint density at radius 3 is 2.89 bits per heavy atom. The fraction of sp³-hybridized carbons (Fsp3) is 0.667. The van der Waals surface area contributed by atoms with E-state index in [0.29, 0.717) is 32.1 Å². The van der Waals surface area contributed by atoms with Crippen molar-refractivity contribution < 1.29 is 14.3 Å². The number of hydrogen-bond donors (Lipinski definition) is 2. The van der Waals surface area contributed by atoms with Crippen molar-refractivity contribution in [1.29, 1.82) is 0 Å². The van der Waals surface area contributed by atoms with E-state index < -0.39 is 5.54 Å². The molecule has 0 saturated heterocycles. The molecule has 1 aromatic rings. The second-order valence-corrected chi connectivity index (χ2v) is 4.57. The highest BCUT2D eigenvalue weighted by Crippen LogP contribution is 2.18. The first-order valence-electron chi connectivity index (χ1n) is 6.17. The summed E-state index contributed by atoms with van der Waals surface area (Å²) in [5.74, 6) is 0.473. The Hall–Kier alpha value is -1.60. The molecular formula is C12H22N4O3. The zero-order valence-electron chi connectivity index (χ0n) is 11.7. The van der Waals surface area contributed by atoms with Crippen LogP contribution in [0, 0.1) is 0 Å². The van der Waals surface area contributed by atoms with Gasteiger partial charge >= 0.3 is 0 Å². The molecular weight excluding hydrogens is 248 g/mol. The predicted molar refractivity (Wildman–Crippen MR) is 71.0 cm³/mol. The number of amides is 1. The Morgan fingerprint density at radius 1 is 1.53 bits per heavy atom. The highest BCUT2D eigenvalue weighted by molar-refractivity contribution is 5.83. The summed E-state index contributed by atoms with van der Waals surface area (Å²) < 4.78 is 11.8. The average Bonchev–Trinajstić information content (AvgIpc) is 2.85. The number of nitrogens with two attached hydrogens (primary N) is 1. The summed E-state index contributed by atoms with van der Waals surface area (Å²) >= 11 is 0. The van der Waals surface area contributed by atoms with E-state index in [1.807, 2.05) is 0 Å². The van der Waals surface area contributed by atoms with Crippen LogP contribution in [0.15, 0.2) is 12.4 Å². The van der Waals surface area contributed by atoms with Crippen LogP contribution in [0.25, 0.3) is 0 Å². The lowest BCUT2D eigenvalue weighted by Gasteiger charge is -2.24. The fourth-order valence-electron chi connectivity index (χ4n) is 1.45. The maximum Gasteiger partial charge on any atom is 0.247 e. The average molecular weight is 270 g/mol. The lowest BCUT2D eigenvalue weighted by Crippen LogP contribution is -2.45. The molecule has 19 heavy (non-hydrogen) atoms. The Labute approximate surface area is 113 Å². The van der Waals surface area contributed by atoms with Crippen molar-refractivity contribution in [1.82, 2.24) is 15.1 Å². The molecule has 0 radical (unpaired) electrons. The highest BCUT2D eigenvalue weighted by atomic mass is 16.5. The number of hydrogen-bond acceptors (Lipinski definition) is 5. The number of ether oxygens (including phenoxy) is 2. The number of carbonyl (C=O) groups excluding carboxylic acids is 1. The van der Waals surface area contributed by atoms with Crippen LogP contribution in [-0.4, -0.2) is 49.1 Å². The summed E-state index contributed by atoms with van der Waals surface area (Å²) in [6, 6.07) is 0. The van der Waals surface area contributed by atoms with Gasteiger partial charge in [0, 0.05) is 20.2 Å². The monoisotopic (exact) mass is 270 g/mol.